The Kier molecular flexibility index (Phi) is 4.72. The lowest BCUT2D eigenvalue weighted by molar-refractivity contribution is 0.155. The van der Waals surface area contributed by atoms with Crippen LogP contribution in [-0.2, 0) is 7.05 Å². The molecule has 4 heteroatoms. The van der Waals surface area contributed by atoms with Crippen molar-refractivity contribution in [3.63, 3.8) is 0 Å². The molecule has 1 saturated carbocycles. The maximum absolute atomic E-state index is 4.40. The number of hydrogen-bond donors (Lipinski definition) is 1. The monoisotopic (exact) mass is 327 g/mol. The third-order valence-electron chi connectivity index (χ3n) is 4.48. The Bertz CT molecular complexity index is 406. The van der Waals surface area contributed by atoms with E-state index in [1.54, 1.807) is 0 Å². The molecule has 2 rings (SSSR count). The van der Waals surface area contributed by atoms with Gasteiger partial charge >= 0.3 is 0 Å². The number of nitrogens with one attached hydrogen (secondary N) is 1. The van der Waals surface area contributed by atoms with Crippen molar-refractivity contribution in [2.24, 2.45) is 18.4 Å². The van der Waals surface area contributed by atoms with Gasteiger partial charge in [-0.15, -0.1) is 0 Å². The second-order valence-electron chi connectivity index (χ2n) is 6.58. The summed E-state index contributed by atoms with van der Waals surface area (Å²) in [5, 5.41) is 7.93. The summed E-state index contributed by atoms with van der Waals surface area (Å²) in [4.78, 5) is 0. The van der Waals surface area contributed by atoms with E-state index in [4.69, 9.17) is 0 Å². The summed E-state index contributed by atoms with van der Waals surface area (Å²) >= 11 is 3.68. The van der Waals surface area contributed by atoms with Crippen LogP contribution in [0.25, 0.3) is 0 Å². The molecule has 0 bridgehead atoms. The molecule has 0 spiro atoms. The van der Waals surface area contributed by atoms with Crippen LogP contribution in [-0.4, -0.2) is 22.9 Å². The Labute approximate surface area is 125 Å². The topological polar surface area (TPSA) is 29.9 Å². The Morgan fingerprint density at radius 1 is 1.53 bits per heavy atom. The largest absolute Gasteiger partial charge is 0.317 e. The van der Waals surface area contributed by atoms with E-state index in [0.29, 0.717) is 11.3 Å². The van der Waals surface area contributed by atoms with Crippen LogP contribution < -0.4 is 5.32 Å². The highest BCUT2D eigenvalue weighted by molar-refractivity contribution is 9.10. The molecular weight excluding hydrogens is 302 g/mol. The van der Waals surface area contributed by atoms with Crippen molar-refractivity contribution >= 4 is 15.9 Å². The minimum Gasteiger partial charge on any atom is -0.317 e. The van der Waals surface area contributed by atoms with Crippen molar-refractivity contribution in [3.05, 3.63) is 16.4 Å². The zero-order valence-electron chi connectivity index (χ0n) is 12.5. The summed E-state index contributed by atoms with van der Waals surface area (Å²) in [6.45, 7) is 9.15. The smallest absolute Gasteiger partial charge is 0.0635 e. The van der Waals surface area contributed by atoms with Gasteiger partial charge in [0, 0.05) is 13.0 Å². The fourth-order valence-electron chi connectivity index (χ4n) is 3.37. The molecule has 19 heavy (non-hydrogen) atoms. The molecule has 108 valence electrons. The minimum atomic E-state index is 0.442. The van der Waals surface area contributed by atoms with Gasteiger partial charge in [0.25, 0.3) is 0 Å². The van der Waals surface area contributed by atoms with Crippen LogP contribution in [0.15, 0.2) is 10.7 Å². The summed E-state index contributed by atoms with van der Waals surface area (Å²) in [6, 6.07) is 0. The molecule has 2 atom stereocenters. The first-order valence-electron chi connectivity index (χ1n) is 7.32. The van der Waals surface area contributed by atoms with E-state index in [0.717, 1.165) is 19.0 Å². The van der Waals surface area contributed by atoms with Crippen molar-refractivity contribution in [1.29, 1.82) is 0 Å². The Morgan fingerprint density at radius 2 is 2.26 bits per heavy atom. The van der Waals surface area contributed by atoms with Crippen LogP contribution in [0.2, 0.25) is 0 Å². The summed E-state index contributed by atoms with van der Waals surface area (Å²) in [5.41, 5.74) is 1.81. The maximum Gasteiger partial charge on any atom is 0.0635 e. The molecule has 1 N–H and O–H groups in total. The predicted molar refractivity (Wildman–Crippen MR) is 83.3 cm³/mol. The van der Waals surface area contributed by atoms with Gasteiger partial charge in [-0.25, -0.2) is 0 Å². The SMILES string of the molecule is CCNCC1CCC(C)(C)CC1c1c(Br)cnn1C. The molecule has 2 unspecified atom stereocenters. The lowest BCUT2D eigenvalue weighted by Crippen LogP contribution is -2.35. The molecule has 1 aromatic heterocycles. The number of halogens is 1. The molecule has 0 saturated heterocycles. The van der Waals surface area contributed by atoms with Gasteiger partial charge in [-0.3, -0.25) is 4.68 Å². The zero-order valence-corrected chi connectivity index (χ0v) is 14.1. The first-order valence-corrected chi connectivity index (χ1v) is 8.12. The van der Waals surface area contributed by atoms with Gasteiger partial charge in [0.05, 0.1) is 16.4 Å². The standard InChI is InChI=1S/C15H26BrN3/c1-5-17-9-11-6-7-15(2,3)8-12(11)14-13(16)10-18-19(14)4/h10-12,17H,5-9H2,1-4H3. The first kappa shape index (κ1) is 15.0. The third-order valence-corrected chi connectivity index (χ3v) is 5.09. The maximum atomic E-state index is 4.40. The molecule has 1 fully saturated rings. The fourth-order valence-corrected chi connectivity index (χ4v) is 4.01. The minimum absolute atomic E-state index is 0.442. The summed E-state index contributed by atoms with van der Waals surface area (Å²) in [6.07, 6.45) is 5.82. The zero-order chi connectivity index (χ0) is 14.0. The van der Waals surface area contributed by atoms with Gasteiger partial charge in [0.15, 0.2) is 0 Å². The van der Waals surface area contributed by atoms with Gasteiger partial charge in [0.2, 0.25) is 0 Å². The summed E-state index contributed by atoms with van der Waals surface area (Å²) in [5.74, 6) is 1.32. The van der Waals surface area contributed by atoms with Crippen LogP contribution in [0.5, 0.6) is 0 Å². The van der Waals surface area contributed by atoms with Crippen LogP contribution in [0.4, 0.5) is 0 Å². The number of rotatable bonds is 4. The van der Waals surface area contributed by atoms with Crippen LogP contribution in [0, 0.1) is 11.3 Å². The second kappa shape index (κ2) is 5.96. The Hall–Kier alpha value is -0.350. The van der Waals surface area contributed by atoms with E-state index in [9.17, 15) is 0 Å². The molecule has 0 aliphatic heterocycles. The number of aromatic nitrogens is 2. The van der Waals surface area contributed by atoms with Crippen LogP contribution in [0.1, 0.15) is 51.6 Å². The molecule has 1 aliphatic rings. The van der Waals surface area contributed by atoms with Crippen molar-refractivity contribution in [1.82, 2.24) is 15.1 Å². The van der Waals surface area contributed by atoms with Gasteiger partial charge in [-0.1, -0.05) is 20.8 Å². The fraction of sp³-hybridized carbons (Fsp3) is 0.800. The van der Waals surface area contributed by atoms with Gasteiger partial charge in [-0.05, 0) is 59.6 Å². The van der Waals surface area contributed by atoms with Gasteiger partial charge < -0.3 is 5.32 Å². The molecule has 1 heterocycles. The summed E-state index contributed by atoms with van der Waals surface area (Å²) in [7, 11) is 2.06. The molecule has 0 aromatic carbocycles. The summed E-state index contributed by atoms with van der Waals surface area (Å²) < 4.78 is 3.22. The van der Waals surface area contributed by atoms with E-state index < -0.39 is 0 Å². The highest BCUT2D eigenvalue weighted by atomic mass is 79.9. The van der Waals surface area contributed by atoms with E-state index in [2.05, 4.69) is 58.8 Å². The lowest BCUT2D eigenvalue weighted by atomic mass is 9.66. The third kappa shape index (κ3) is 3.40. The second-order valence-corrected chi connectivity index (χ2v) is 7.44. The van der Waals surface area contributed by atoms with Crippen LogP contribution in [0.3, 0.4) is 0 Å². The average Bonchev–Trinajstić information content (AvgIpc) is 2.67. The van der Waals surface area contributed by atoms with Crippen molar-refractivity contribution < 1.29 is 0 Å². The van der Waals surface area contributed by atoms with Crippen LogP contribution >= 0.6 is 15.9 Å². The van der Waals surface area contributed by atoms with Crippen molar-refractivity contribution in [3.8, 4) is 0 Å². The van der Waals surface area contributed by atoms with E-state index in [1.807, 2.05) is 6.20 Å². The van der Waals surface area contributed by atoms with E-state index in [1.165, 1.54) is 29.4 Å². The van der Waals surface area contributed by atoms with Gasteiger partial charge in [0.1, 0.15) is 0 Å². The van der Waals surface area contributed by atoms with E-state index in [-0.39, 0.29) is 0 Å². The molecule has 3 nitrogen and oxygen atoms in total. The predicted octanol–water partition coefficient (Wildman–Crippen LogP) is 3.70. The molecule has 0 radical (unpaired) electrons. The lowest BCUT2D eigenvalue weighted by Gasteiger charge is -2.41. The number of nitrogens with zero attached hydrogens (tertiary/aromatic N) is 2. The van der Waals surface area contributed by atoms with E-state index >= 15 is 0 Å². The Balaban J connectivity index is 2.25. The molecule has 1 aromatic rings. The van der Waals surface area contributed by atoms with Crippen molar-refractivity contribution in [2.75, 3.05) is 13.1 Å². The molecule has 0 amide bonds. The average molecular weight is 328 g/mol. The highest BCUT2D eigenvalue weighted by Gasteiger charge is 2.37. The van der Waals surface area contributed by atoms with Gasteiger partial charge in [-0.2, -0.15) is 5.10 Å². The number of hydrogen-bond acceptors (Lipinski definition) is 2. The molecular formula is C15H26BrN3. The molecule has 1 aliphatic carbocycles. The Morgan fingerprint density at radius 3 is 2.84 bits per heavy atom. The quantitative estimate of drug-likeness (QED) is 0.913. The normalized spacial score (nSPS) is 26.6. The van der Waals surface area contributed by atoms with Crippen molar-refractivity contribution in [2.45, 2.75) is 46.0 Å². The highest BCUT2D eigenvalue weighted by Crippen LogP contribution is 2.47. The first-order chi connectivity index (χ1) is 8.94. The number of aryl methyl sites for hydroxylation is 1.